The van der Waals surface area contributed by atoms with Crippen molar-refractivity contribution in [3.05, 3.63) is 56.7 Å². The van der Waals surface area contributed by atoms with Gasteiger partial charge >= 0.3 is 5.97 Å². The molecule has 3 aliphatic rings. The van der Waals surface area contributed by atoms with E-state index < -0.39 is 23.8 Å². The first kappa shape index (κ1) is 28.8. The van der Waals surface area contributed by atoms with Crippen molar-refractivity contribution in [1.82, 2.24) is 20.4 Å². The average molecular weight is 585 g/mol. The molecule has 3 heterocycles. The number of nitriles is 1. The number of carbonyl (C=O) groups is 3. The fraction of sp³-hybridized carbons (Fsp3) is 0.346. The summed E-state index contributed by atoms with van der Waals surface area (Å²) in [4.78, 5) is 49.5. The highest BCUT2D eigenvalue weighted by Crippen LogP contribution is 2.34. The molecule has 0 unspecified atom stereocenters. The van der Waals surface area contributed by atoms with Crippen LogP contribution in [0.2, 0.25) is 10.0 Å². The zero-order valence-corrected chi connectivity index (χ0v) is 22.8. The van der Waals surface area contributed by atoms with Crippen LogP contribution in [0.5, 0.6) is 0 Å². The monoisotopic (exact) mass is 584 g/mol. The van der Waals surface area contributed by atoms with Gasteiger partial charge in [-0.3, -0.25) is 25.3 Å². The number of aliphatic imine (C=N–C) groups is 2. The molecule has 208 valence electrons. The van der Waals surface area contributed by atoms with E-state index in [-0.39, 0.29) is 46.9 Å². The number of nitrogens with zero attached hydrogens (tertiary/aromatic N) is 5. The number of carboxylic acid groups (broad SMARTS) is 1. The molecule has 14 heteroatoms. The molecule has 1 aromatic rings. The van der Waals surface area contributed by atoms with Crippen LogP contribution in [-0.4, -0.2) is 82.8 Å². The van der Waals surface area contributed by atoms with Crippen LogP contribution in [0.1, 0.15) is 34.3 Å². The number of aliphatic carboxylic acids is 1. The number of guanidine groups is 1. The van der Waals surface area contributed by atoms with Gasteiger partial charge in [0.15, 0.2) is 6.19 Å². The minimum Gasteiger partial charge on any atom is -0.480 e. The second kappa shape index (κ2) is 12.8. The number of likely N-dealkylation sites (tertiary alicyclic amines) is 1. The first-order valence-corrected chi connectivity index (χ1v) is 13.2. The summed E-state index contributed by atoms with van der Waals surface area (Å²) in [6.45, 7) is 1.45. The number of carboxylic acids is 1. The van der Waals surface area contributed by atoms with Crippen molar-refractivity contribution in [2.75, 3.05) is 26.2 Å². The van der Waals surface area contributed by atoms with E-state index in [9.17, 15) is 19.5 Å². The SMILES string of the molecule is N#CNC(=NC[C@H](NC(=O)c1c(Cl)cc2c(c1Cl)CCN(C(=O)C(=N)/C=C1/C=CC=N1)C2)C(=O)O)N1CCCC1. The number of allylic oxidation sites excluding steroid dienone is 2. The van der Waals surface area contributed by atoms with Gasteiger partial charge in [-0.25, -0.2) is 9.79 Å². The van der Waals surface area contributed by atoms with Crippen LogP contribution >= 0.6 is 23.2 Å². The maximum absolute atomic E-state index is 13.2. The highest BCUT2D eigenvalue weighted by molar-refractivity contribution is 6.42. The molecule has 1 aromatic carbocycles. The molecule has 1 atom stereocenters. The summed E-state index contributed by atoms with van der Waals surface area (Å²) in [7, 11) is 0. The van der Waals surface area contributed by atoms with Crippen molar-refractivity contribution in [1.29, 1.82) is 10.7 Å². The third-order valence-corrected chi connectivity index (χ3v) is 7.33. The van der Waals surface area contributed by atoms with Gasteiger partial charge < -0.3 is 20.2 Å². The molecule has 0 aromatic heterocycles. The Kier molecular flexibility index (Phi) is 9.19. The van der Waals surface area contributed by atoms with Crippen molar-refractivity contribution in [3.8, 4) is 6.19 Å². The summed E-state index contributed by atoms with van der Waals surface area (Å²) >= 11 is 13.0. The molecule has 1 saturated heterocycles. The van der Waals surface area contributed by atoms with Crippen molar-refractivity contribution in [2.45, 2.75) is 31.8 Å². The van der Waals surface area contributed by atoms with Crippen LogP contribution in [-0.2, 0) is 22.6 Å². The molecule has 0 spiro atoms. The third-order valence-electron chi connectivity index (χ3n) is 6.62. The fourth-order valence-corrected chi connectivity index (χ4v) is 5.37. The number of hydrogen-bond acceptors (Lipinski definition) is 7. The second-order valence-electron chi connectivity index (χ2n) is 9.24. The maximum Gasteiger partial charge on any atom is 0.328 e. The van der Waals surface area contributed by atoms with Crippen molar-refractivity contribution < 1.29 is 19.5 Å². The largest absolute Gasteiger partial charge is 0.480 e. The first-order valence-electron chi connectivity index (χ1n) is 12.5. The topological polar surface area (TPSA) is 174 Å². The Hall–Kier alpha value is -4.21. The van der Waals surface area contributed by atoms with Crippen LogP contribution in [0.15, 0.2) is 40.0 Å². The Morgan fingerprint density at radius 2 is 2.00 bits per heavy atom. The number of carbonyl (C=O) groups excluding carboxylic acids is 2. The molecule has 0 saturated carbocycles. The van der Waals surface area contributed by atoms with Gasteiger partial charge in [-0.05, 0) is 54.7 Å². The van der Waals surface area contributed by atoms with Crippen LogP contribution in [0.4, 0.5) is 0 Å². The Bertz CT molecular complexity index is 1390. The van der Waals surface area contributed by atoms with Crippen LogP contribution in [0, 0.1) is 16.9 Å². The lowest BCUT2D eigenvalue weighted by Crippen LogP contribution is -2.45. The first-order chi connectivity index (χ1) is 19.2. The third kappa shape index (κ3) is 6.50. The van der Waals surface area contributed by atoms with Crippen molar-refractivity contribution in [2.24, 2.45) is 9.98 Å². The van der Waals surface area contributed by atoms with E-state index in [1.54, 1.807) is 24.6 Å². The number of amides is 2. The smallest absolute Gasteiger partial charge is 0.328 e. The van der Waals surface area contributed by atoms with Gasteiger partial charge in [0.1, 0.15) is 11.8 Å². The minimum absolute atomic E-state index is 0.00489. The number of hydrogen-bond donors (Lipinski definition) is 4. The number of fused-ring (bicyclic) bond motifs is 1. The minimum atomic E-state index is -1.40. The summed E-state index contributed by atoms with van der Waals surface area (Å²) in [6.07, 6.45) is 10.3. The van der Waals surface area contributed by atoms with Gasteiger partial charge in [-0.15, -0.1) is 0 Å². The zero-order valence-electron chi connectivity index (χ0n) is 21.3. The predicted octanol–water partition coefficient (Wildman–Crippen LogP) is 2.13. The number of nitrogens with one attached hydrogen (secondary N) is 3. The molecule has 1 fully saturated rings. The van der Waals surface area contributed by atoms with Gasteiger partial charge in [0, 0.05) is 32.4 Å². The standard InChI is InChI=1S/C26H26Cl2N8O4/c27-18-10-15-13-36(24(38)19(30)11-16-4-3-6-31-16)9-5-17(15)22(28)21(18)23(37)34-20(25(39)40)12-32-26(33-14-29)35-7-1-2-8-35/h3-4,6,10-11,20,30H,1-2,5,7-9,12-13H2,(H,32,33)(H,34,37)(H,39,40)/b16-11-,30-19?/t20-/m0/s1. The molecule has 4 N–H and O–H groups in total. The van der Waals surface area contributed by atoms with Crippen molar-refractivity contribution >= 4 is 58.9 Å². The highest BCUT2D eigenvalue weighted by Gasteiger charge is 2.30. The number of halogens is 2. The molecule has 2 amide bonds. The summed E-state index contributed by atoms with van der Waals surface area (Å²) in [6, 6.07) is 0.125. The molecule has 0 bridgehead atoms. The molecule has 40 heavy (non-hydrogen) atoms. The summed E-state index contributed by atoms with van der Waals surface area (Å²) in [5.41, 5.74) is 1.47. The van der Waals surface area contributed by atoms with Crippen molar-refractivity contribution in [3.63, 3.8) is 0 Å². The van der Waals surface area contributed by atoms with Gasteiger partial charge in [-0.1, -0.05) is 23.2 Å². The molecule has 4 rings (SSSR count). The lowest BCUT2D eigenvalue weighted by molar-refractivity contribution is -0.139. The lowest BCUT2D eigenvalue weighted by Gasteiger charge is -2.30. The van der Waals surface area contributed by atoms with Crippen LogP contribution < -0.4 is 10.6 Å². The van der Waals surface area contributed by atoms with Gasteiger partial charge in [0.05, 0.1) is 27.9 Å². The van der Waals surface area contributed by atoms with Crippen LogP contribution in [0.3, 0.4) is 0 Å². The van der Waals surface area contributed by atoms with Gasteiger partial charge in [0.25, 0.3) is 11.8 Å². The van der Waals surface area contributed by atoms with E-state index in [2.05, 4.69) is 20.6 Å². The van der Waals surface area contributed by atoms with E-state index in [0.29, 0.717) is 36.3 Å². The molecule has 12 nitrogen and oxygen atoms in total. The van der Waals surface area contributed by atoms with E-state index in [1.165, 1.54) is 17.0 Å². The predicted molar refractivity (Wildman–Crippen MR) is 150 cm³/mol. The van der Waals surface area contributed by atoms with Gasteiger partial charge in [-0.2, -0.15) is 5.26 Å². The molecular formula is C26H26Cl2N8O4. The molecule has 3 aliphatic heterocycles. The summed E-state index contributed by atoms with van der Waals surface area (Å²) < 4.78 is 0. The number of rotatable bonds is 7. The maximum atomic E-state index is 13.2. The quantitative estimate of drug-likeness (QED) is 0.164. The average Bonchev–Trinajstić information content (AvgIpc) is 3.64. The van der Waals surface area contributed by atoms with E-state index in [0.717, 1.165) is 12.8 Å². The second-order valence-corrected chi connectivity index (χ2v) is 10.0. The summed E-state index contributed by atoms with van der Waals surface area (Å²) in [5, 5.41) is 31.8. The zero-order chi connectivity index (χ0) is 28.8. The van der Waals surface area contributed by atoms with Crippen LogP contribution in [0.25, 0.3) is 0 Å². The van der Waals surface area contributed by atoms with Gasteiger partial charge in [0.2, 0.25) is 5.96 Å². The van der Waals surface area contributed by atoms with E-state index >= 15 is 0 Å². The molecule has 0 aliphatic carbocycles. The summed E-state index contributed by atoms with van der Waals surface area (Å²) in [5.74, 6) is -2.33. The van der Waals surface area contributed by atoms with E-state index in [4.69, 9.17) is 33.9 Å². The Morgan fingerprint density at radius 3 is 2.65 bits per heavy atom. The number of benzene rings is 1. The Balaban J connectivity index is 1.48. The molecule has 0 radical (unpaired) electrons. The Labute approximate surface area is 240 Å². The molecular weight excluding hydrogens is 559 g/mol. The van der Waals surface area contributed by atoms with E-state index in [1.807, 2.05) is 4.90 Å². The lowest BCUT2D eigenvalue weighted by atomic mass is 9.96. The fourth-order valence-electron chi connectivity index (χ4n) is 4.60. The normalized spacial score (nSPS) is 17.9. The Morgan fingerprint density at radius 1 is 1.25 bits per heavy atom. The highest BCUT2D eigenvalue weighted by atomic mass is 35.5.